The topological polar surface area (TPSA) is 139 Å². The van der Waals surface area contributed by atoms with Gasteiger partial charge in [0.25, 0.3) is 17.3 Å². The minimum atomic E-state index is -3.61. The van der Waals surface area contributed by atoms with Crippen LogP contribution in [-0.4, -0.2) is 44.7 Å². The normalized spacial score (nSPS) is 26.0. The summed E-state index contributed by atoms with van der Waals surface area (Å²) in [5.41, 5.74) is -1.60. The number of nitrogens with one attached hydrogen (secondary N) is 1. The van der Waals surface area contributed by atoms with Gasteiger partial charge < -0.3 is 15.5 Å². The molecule has 0 aromatic heterocycles. The van der Waals surface area contributed by atoms with Gasteiger partial charge >= 0.3 is 0 Å². The van der Waals surface area contributed by atoms with E-state index < -0.39 is 51.8 Å². The molecule has 1 saturated carbocycles. The number of halogens is 2. The molecule has 0 amide bonds. The summed E-state index contributed by atoms with van der Waals surface area (Å²) in [7, 11) is 0. The van der Waals surface area contributed by atoms with Gasteiger partial charge in [-0.3, -0.25) is 20.2 Å². The molecule has 0 unspecified atom stereocenters. The van der Waals surface area contributed by atoms with E-state index >= 15 is 0 Å². The summed E-state index contributed by atoms with van der Waals surface area (Å²) < 4.78 is 27.9. The number of rotatable bonds is 5. The van der Waals surface area contributed by atoms with Gasteiger partial charge in [0.2, 0.25) is 0 Å². The van der Waals surface area contributed by atoms with Crippen LogP contribution in [0.1, 0.15) is 6.42 Å². The van der Waals surface area contributed by atoms with E-state index in [9.17, 15) is 34.1 Å². The highest BCUT2D eigenvalue weighted by Crippen LogP contribution is 2.42. The fraction of sp³-hybridized carbons (Fsp3) is 0.500. The van der Waals surface area contributed by atoms with Crippen molar-refractivity contribution in [3.8, 4) is 0 Å². The van der Waals surface area contributed by atoms with Crippen LogP contribution in [0.25, 0.3) is 0 Å². The molecule has 2 rings (SSSR count). The van der Waals surface area contributed by atoms with Crippen molar-refractivity contribution in [2.45, 2.75) is 24.5 Å². The monoisotopic (exact) mass is 333 g/mol. The van der Waals surface area contributed by atoms with Gasteiger partial charge in [0.1, 0.15) is 11.8 Å². The Morgan fingerprint density at radius 2 is 1.96 bits per heavy atom. The summed E-state index contributed by atoms with van der Waals surface area (Å²) in [6.45, 7) is -0.655. The molecule has 0 spiro atoms. The van der Waals surface area contributed by atoms with Crippen molar-refractivity contribution < 1.29 is 28.8 Å². The minimum Gasteiger partial charge on any atom is -0.396 e. The molecule has 0 saturated heterocycles. The molecule has 9 nitrogen and oxygen atoms in total. The Bertz CT molecular complexity index is 641. The highest BCUT2D eigenvalue weighted by Gasteiger charge is 2.56. The molecule has 1 aromatic rings. The molecule has 11 heteroatoms. The van der Waals surface area contributed by atoms with E-state index in [-0.39, 0.29) is 12.1 Å². The van der Waals surface area contributed by atoms with E-state index in [0.717, 1.165) is 12.1 Å². The van der Waals surface area contributed by atoms with Crippen molar-refractivity contribution in [2.75, 3.05) is 11.9 Å². The van der Waals surface area contributed by atoms with Gasteiger partial charge in [-0.2, -0.15) is 0 Å². The highest BCUT2D eigenvalue weighted by atomic mass is 19.3. The molecule has 3 atom stereocenters. The summed E-state index contributed by atoms with van der Waals surface area (Å²) >= 11 is 0. The van der Waals surface area contributed by atoms with Crippen molar-refractivity contribution in [3.63, 3.8) is 0 Å². The number of non-ortho nitro benzene ring substituents is 1. The first-order valence-electron chi connectivity index (χ1n) is 6.54. The first-order chi connectivity index (χ1) is 10.7. The predicted octanol–water partition coefficient (Wildman–Crippen LogP) is 1.29. The lowest BCUT2D eigenvalue weighted by atomic mass is 10.1. The maximum atomic E-state index is 14.0. The molecule has 1 fully saturated rings. The minimum absolute atomic E-state index is 0.307. The van der Waals surface area contributed by atoms with Crippen LogP contribution in [-0.2, 0) is 0 Å². The Morgan fingerprint density at radius 3 is 2.43 bits per heavy atom. The molecule has 1 aromatic carbocycles. The van der Waals surface area contributed by atoms with E-state index in [4.69, 9.17) is 5.11 Å². The number of alkyl halides is 2. The zero-order valence-corrected chi connectivity index (χ0v) is 11.6. The van der Waals surface area contributed by atoms with Crippen molar-refractivity contribution in [1.82, 2.24) is 0 Å². The average Bonchev–Trinajstić information content (AvgIpc) is 2.70. The van der Waals surface area contributed by atoms with Gasteiger partial charge in [-0.25, -0.2) is 8.78 Å². The van der Waals surface area contributed by atoms with Crippen LogP contribution in [0.3, 0.4) is 0 Å². The Kier molecular flexibility index (Phi) is 4.43. The molecular formula is C12H13F2N3O6. The predicted molar refractivity (Wildman–Crippen MR) is 73.3 cm³/mol. The number of hydrogen-bond acceptors (Lipinski definition) is 7. The molecule has 126 valence electrons. The summed E-state index contributed by atoms with van der Waals surface area (Å²) in [6, 6.07) is 0.928. The first kappa shape index (κ1) is 17.0. The molecule has 23 heavy (non-hydrogen) atoms. The zero-order chi connectivity index (χ0) is 17.4. The van der Waals surface area contributed by atoms with Crippen LogP contribution in [0.5, 0.6) is 0 Å². The molecule has 1 aliphatic rings. The Hall–Kier alpha value is -2.40. The second kappa shape index (κ2) is 6.01. The SMILES string of the molecule is O=[N+]([O-])c1ccc(N[C@@H]2C[C@H](CO)[C@@H](O)C2(F)F)c([N+](=O)[O-])c1. The number of aliphatic hydroxyl groups is 2. The molecule has 0 heterocycles. The number of nitro groups is 2. The fourth-order valence-electron chi connectivity index (χ4n) is 2.53. The van der Waals surface area contributed by atoms with E-state index in [1.54, 1.807) is 0 Å². The molecule has 0 bridgehead atoms. The Morgan fingerprint density at radius 1 is 1.30 bits per heavy atom. The van der Waals surface area contributed by atoms with Gasteiger partial charge in [-0.1, -0.05) is 0 Å². The van der Waals surface area contributed by atoms with Gasteiger partial charge in [0.05, 0.1) is 22.0 Å². The summed E-state index contributed by atoms with van der Waals surface area (Å²) in [4.78, 5) is 19.9. The largest absolute Gasteiger partial charge is 0.396 e. The third-order valence-electron chi connectivity index (χ3n) is 3.80. The fourth-order valence-corrected chi connectivity index (χ4v) is 2.53. The third kappa shape index (κ3) is 3.05. The summed E-state index contributed by atoms with van der Waals surface area (Å²) in [5.74, 6) is -4.68. The van der Waals surface area contributed by atoms with Crippen molar-refractivity contribution >= 4 is 17.1 Å². The second-order valence-electron chi connectivity index (χ2n) is 5.21. The van der Waals surface area contributed by atoms with Crippen LogP contribution in [0.4, 0.5) is 25.8 Å². The molecule has 3 N–H and O–H groups in total. The number of anilines is 1. The molecule has 0 aliphatic heterocycles. The van der Waals surface area contributed by atoms with Crippen LogP contribution in [0.15, 0.2) is 18.2 Å². The third-order valence-corrected chi connectivity index (χ3v) is 3.80. The standard InChI is InChI=1S/C12H13F2N3O6/c13-12(14)10(3-6(5-18)11(12)19)15-8-2-1-7(16(20)21)4-9(8)17(22)23/h1-2,4,6,10-11,15,18-19H,3,5H2/t6-,10-,11-/m1/s1. The van der Waals surface area contributed by atoms with Gasteiger partial charge in [0, 0.05) is 18.6 Å². The zero-order valence-electron chi connectivity index (χ0n) is 11.6. The first-order valence-corrected chi connectivity index (χ1v) is 6.54. The van der Waals surface area contributed by atoms with E-state index in [0.29, 0.717) is 6.07 Å². The lowest BCUT2D eigenvalue weighted by molar-refractivity contribution is -0.393. The van der Waals surface area contributed by atoms with Crippen molar-refractivity contribution in [3.05, 3.63) is 38.4 Å². The lowest BCUT2D eigenvalue weighted by Gasteiger charge is -2.23. The number of aliphatic hydroxyl groups excluding tert-OH is 2. The van der Waals surface area contributed by atoms with E-state index in [1.165, 1.54) is 0 Å². The number of nitrogens with zero attached hydrogens (tertiary/aromatic N) is 2. The maximum absolute atomic E-state index is 14.0. The van der Waals surface area contributed by atoms with E-state index in [2.05, 4.69) is 5.32 Å². The Labute approximate surface area is 127 Å². The van der Waals surface area contributed by atoms with Crippen LogP contribution in [0, 0.1) is 26.1 Å². The van der Waals surface area contributed by atoms with Gasteiger partial charge in [0.15, 0.2) is 0 Å². The summed E-state index contributed by atoms with van der Waals surface area (Å²) in [5, 5.41) is 42.4. The van der Waals surface area contributed by atoms with Crippen LogP contribution < -0.4 is 5.32 Å². The summed E-state index contributed by atoms with van der Waals surface area (Å²) in [6.07, 6.45) is -2.39. The second-order valence-corrected chi connectivity index (χ2v) is 5.21. The molecule has 1 aliphatic carbocycles. The smallest absolute Gasteiger partial charge is 0.299 e. The molecule has 0 radical (unpaired) electrons. The molecular weight excluding hydrogens is 320 g/mol. The van der Waals surface area contributed by atoms with Gasteiger partial charge in [-0.15, -0.1) is 0 Å². The van der Waals surface area contributed by atoms with Crippen molar-refractivity contribution in [2.24, 2.45) is 5.92 Å². The maximum Gasteiger partial charge on any atom is 0.299 e. The van der Waals surface area contributed by atoms with Crippen LogP contribution >= 0.6 is 0 Å². The Balaban J connectivity index is 2.33. The van der Waals surface area contributed by atoms with Crippen molar-refractivity contribution in [1.29, 1.82) is 0 Å². The highest BCUT2D eigenvalue weighted by molar-refractivity contribution is 5.66. The lowest BCUT2D eigenvalue weighted by Crippen LogP contribution is -2.42. The average molecular weight is 333 g/mol. The number of nitro benzene ring substituents is 2. The van der Waals surface area contributed by atoms with Crippen LogP contribution in [0.2, 0.25) is 0 Å². The van der Waals surface area contributed by atoms with Gasteiger partial charge in [-0.05, 0) is 12.5 Å². The number of benzene rings is 1. The van der Waals surface area contributed by atoms with E-state index in [1.807, 2.05) is 0 Å². The number of hydrogen-bond donors (Lipinski definition) is 3. The quantitative estimate of drug-likeness (QED) is 0.545.